The predicted octanol–water partition coefficient (Wildman–Crippen LogP) is 4.22. The maximum atomic E-state index is 3.64. The van der Waals surface area contributed by atoms with Gasteiger partial charge in [0.1, 0.15) is 0 Å². The fourth-order valence-electron chi connectivity index (χ4n) is 3.08. The molecule has 0 aliphatic heterocycles. The van der Waals surface area contributed by atoms with Crippen LogP contribution in [0.2, 0.25) is 0 Å². The number of hydrogen-bond donors (Lipinski definition) is 1. The summed E-state index contributed by atoms with van der Waals surface area (Å²) in [5.41, 5.74) is 4.21. The van der Waals surface area contributed by atoms with E-state index in [1.54, 1.807) is 0 Å². The number of benzene rings is 1. The molecule has 2 unspecified atom stereocenters. The molecule has 100 valence electrons. The Bertz CT molecular complexity index is 383. The Kier molecular flexibility index (Phi) is 4.82. The van der Waals surface area contributed by atoms with Crippen molar-refractivity contribution in [2.24, 2.45) is 11.8 Å². The Balaban J connectivity index is 1.76. The van der Waals surface area contributed by atoms with Gasteiger partial charge < -0.3 is 5.32 Å². The molecule has 1 saturated carbocycles. The zero-order valence-electron chi connectivity index (χ0n) is 12.1. The van der Waals surface area contributed by atoms with E-state index < -0.39 is 0 Å². The van der Waals surface area contributed by atoms with E-state index in [1.807, 2.05) is 0 Å². The molecule has 1 nitrogen and oxygen atoms in total. The van der Waals surface area contributed by atoms with E-state index in [0.717, 1.165) is 18.4 Å². The molecule has 2 atom stereocenters. The Labute approximate surface area is 112 Å². The molecule has 0 heterocycles. The van der Waals surface area contributed by atoms with Gasteiger partial charge in [-0.05, 0) is 61.8 Å². The van der Waals surface area contributed by atoms with Gasteiger partial charge in [0.15, 0.2) is 0 Å². The van der Waals surface area contributed by atoms with Crippen LogP contribution in [-0.4, -0.2) is 6.54 Å². The highest BCUT2D eigenvalue weighted by Crippen LogP contribution is 2.27. The predicted molar refractivity (Wildman–Crippen MR) is 78.7 cm³/mol. The molecule has 1 aliphatic carbocycles. The molecule has 1 aromatic carbocycles. The maximum Gasteiger partial charge on any atom is 0.0205 e. The van der Waals surface area contributed by atoms with Crippen LogP contribution in [-0.2, 0) is 6.54 Å². The van der Waals surface area contributed by atoms with Crippen molar-refractivity contribution >= 4 is 0 Å². The lowest BCUT2D eigenvalue weighted by molar-refractivity contribution is 0.274. The number of rotatable bonds is 4. The van der Waals surface area contributed by atoms with Crippen LogP contribution in [0.25, 0.3) is 0 Å². The van der Waals surface area contributed by atoms with Crippen molar-refractivity contribution in [2.75, 3.05) is 6.54 Å². The number of aryl methyl sites for hydroxylation is 2. The normalized spacial score (nSPS) is 24.2. The van der Waals surface area contributed by atoms with Crippen LogP contribution in [0, 0.1) is 25.7 Å². The van der Waals surface area contributed by atoms with Gasteiger partial charge >= 0.3 is 0 Å². The second kappa shape index (κ2) is 6.38. The van der Waals surface area contributed by atoms with E-state index in [1.165, 1.54) is 48.9 Å². The van der Waals surface area contributed by atoms with Crippen LogP contribution in [0.15, 0.2) is 18.2 Å². The van der Waals surface area contributed by atoms with E-state index >= 15 is 0 Å². The fraction of sp³-hybridized carbons (Fsp3) is 0.647. The number of nitrogens with one attached hydrogen (secondary N) is 1. The van der Waals surface area contributed by atoms with Crippen LogP contribution < -0.4 is 5.32 Å². The minimum Gasteiger partial charge on any atom is -0.312 e. The third-order valence-electron chi connectivity index (χ3n) is 4.38. The van der Waals surface area contributed by atoms with E-state index in [-0.39, 0.29) is 0 Å². The van der Waals surface area contributed by atoms with Gasteiger partial charge in [-0.3, -0.25) is 0 Å². The average Bonchev–Trinajstić information content (AvgIpc) is 2.34. The van der Waals surface area contributed by atoms with Crippen molar-refractivity contribution in [2.45, 2.75) is 53.0 Å². The van der Waals surface area contributed by atoms with E-state index in [0.29, 0.717) is 0 Å². The zero-order chi connectivity index (χ0) is 13.0. The topological polar surface area (TPSA) is 12.0 Å². The maximum absolute atomic E-state index is 3.64. The highest BCUT2D eigenvalue weighted by molar-refractivity contribution is 5.29. The molecule has 0 aromatic heterocycles. The van der Waals surface area contributed by atoms with E-state index in [9.17, 15) is 0 Å². The Hall–Kier alpha value is -0.820. The summed E-state index contributed by atoms with van der Waals surface area (Å²) in [6.45, 7) is 8.98. The molecular formula is C17H27N. The lowest BCUT2D eigenvalue weighted by atomic mass is 9.82. The summed E-state index contributed by atoms with van der Waals surface area (Å²) < 4.78 is 0. The third-order valence-corrected chi connectivity index (χ3v) is 4.38. The summed E-state index contributed by atoms with van der Waals surface area (Å²) >= 11 is 0. The van der Waals surface area contributed by atoms with Gasteiger partial charge in [-0.2, -0.15) is 0 Å². The molecule has 0 saturated heterocycles. The zero-order valence-corrected chi connectivity index (χ0v) is 12.1. The summed E-state index contributed by atoms with van der Waals surface area (Å²) in [6, 6.07) is 6.79. The van der Waals surface area contributed by atoms with E-state index in [4.69, 9.17) is 0 Å². The van der Waals surface area contributed by atoms with Gasteiger partial charge in [-0.1, -0.05) is 38.0 Å². The van der Waals surface area contributed by atoms with Crippen LogP contribution in [0.4, 0.5) is 0 Å². The monoisotopic (exact) mass is 245 g/mol. The largest absolute Gasteiger partial charge is 0.312 e. The van der Waals surface area contributed by atoms with Gasteiger partial charge in [-0.25, -0.2) is 0 Å². The molecule has 18 heavy (non-hydrogen) atoms. The van der Waals surface area contributed by atoms with Crippen molar-refractivity contribution in [1.29, 1.82) is 0 Å². The van der Waals surface area contributed by atoms with Crippen molar-refractivity contribution in [1.82, 2.24) is 5.32 Å². The first-order chi connectivity index (χ1) is 8.65. The summed E-state index contributed by atoms with van der Waals surface area (Å²) in [6.07, 6.45) is 5.70. The van der Waals surface area contributed by atoms with Gasteiger partial charge in [-0.15, -0.1) is 0 Å². The minimum absolute atomic E-state index is 0.903. The van der Waals surface area contributed by atoms with Gasteiger partial charge in [0.25, 0.3) is 0 Å². The average molecular weight is 245 g/mol. The fourth-order valence-corrected chi connectivity index (χ4v) is 3.08. The smallest absolute Gasteiger partial charge is 0.0205 e. The first-order valence-corrected chi connectivity index (χ1v) is 7.42. The van der Waals surface area contributed by atoms with E-state index in [2.05, 4.69) is 44.3 Å². The SMILES string of the molecule is Cc1ccc(CNCC2CCCC(C)C2)cc1C. The van der Waals surface area contributed by atoms with Crippen LogP contribution >= 0.6 is 0 Å². The lowest BCUT2D eigenvalue weighted by Crippen LogP contribution is -2.26. The Morgan fingerprint density at radius 1 is 1.17 bits per heavy atom. The molecule has 0 bridgehead atoms. The second-order valence-electron chi connectivity index (χ2n) is 6.19. The number of hydrogen-bond acceptors (Lipinski definition) is 1. The highest BCUT2D eigenvalue weighted by atomic mass is 14.9. The molecule has 1 N–H and O–H groups in total. The van der Waals surface area contributed by atoms with Crippen molar-refractivity contribution in [3.05, 3.63) is 34.9 Å². The summed E-state index contributed by atoms with van der Waals surface area (Å²) in [5.74, 6) is 1.84. The Morgan fingerprint density at radius 2 is 2.00 bits per heavy atom. The third kappa shape index (κ3) is 3.84. The van der Waals surface area contributed by atoms with Crippen LogP contribution in [0.3, 0.4) is 0 Å². The Morgan fingerprint density at radius 3 is 2.72 bits per heavy atom. The van der Waals surface area contributed by atoms with Crippen LogP contribution in [0.1, 0.15) is 49.3 Å². The first-order valence-electron chi connectivity index (χ1n) is 7.42. The molecule has 1 heteroatoms. The summed E-state index contributed by atoms with van der Waals surface area (Å²) in [7, 11) is 0. The molecule has 0 amide bonds. The van der Waals surface area contributed by atoms with Crippen molar-refractivity contribution < 1.29 is 0 Å². The quantitative estimate of drug-likeness (QED) is 0.837. The molecule has 1 aromatic rings. The first kappa shape index (κ1) is 13.6. The standard InChI is InChI=1S/C17H27N/c1-13-5-4-6-16(9-13)11-18-12-17-8-7-14(2)15(3)10-17/h7-8,10,13,16,18H,4-6,9,11-12H2,1-3H3. The lowest BCUT2D eigenvalue weighted by Gasteiger charge is -2.26. The van der Waals surface area contributed by atoms with Gasteiger partial charge in [0.2, 0.25) is 0 Å². The minimum atomic E-state index is 0.903. The van der Waals surface area contributed by atoms with Gasteiger partial charge in [0.05, 0.1) is 0 Å². The highest BCUT2D eigenvalue weighted by Gasteiger charge is 2.18. The van der Waals surface area contributed by atoms with Gasteiger partial charge in [0, 0.05) is 6.54 Å². The van der Waals surface area contributed by atoms with Crippen LogP contribution in [0.5, 0.6) is 0 Å². The second-order valence-corrected chi connectivity index (χ2v) is 6.19. The molecule has 0 radical (unpaired) electrons. The summed E-state index contributed by atoms with van der Waals surface area (Å²) in [5, 5.41) is 3.64. The molecular weight excluding hydrogens is 218 g/mol. The summed E-state index contributed by atoms with van der Waals surface area (Å²) in [4.78, 5) is 0. The molecule has 1 aliphatic rings. The molecule has 1 fully saturated rings. The molecule has 2 rings (SSSR count). The molecule has 0 spiro atoms. The van der Waals surface area contributed by atoms with Crippen molar-refractivity contribution in [3.8, 4) is 0 Å². The van der Waals surface area contributed by atoms with Crippen molar-refractivity contribution in [3.63, 3.8) is 0 Å².